The molecule has 0 fully saturated rings. The van der Waals surface area contributed by atoms with Crippen LogP contribution in [0.5, 0.6) is 0 Å². The lowest BCUT2D eigenvalue weighted by Gasteiger charge is -2.12. The fourth-order valence-electron chi connectivity index (χ4n) is 2.55. The fourth-order valence-corrected chi connectivity index (χ4v) is 2.55. The predicted molar refractivity (Wildman–Crippen MR) is 90.3 cm³/mol. The molecule has 0 aromatic heterocycles. The normalized spacial score (nSPS) is 12.8. The molecule has 1 aromatic rings. The molecule has 0 radical (unpaired) electrons. The summed E-state index contributed by atoms with van der Waals surface area (Å²) >= 11 is 0. The van der Waals surface area contributed by atoms with Crippen molar-refractivity contribution in [3.8, 4) is 0 Å². The first-order valence-electron chi connectivity index (χ1n) is 8.46. The molecule has 0 aliphatic rings. The third-order valence-corrected chi connectivity index (χ3v) is 4.01. The molecule has 1 rings (SSSR count). The monoisotopic (exact) mass is 275 g/mol. The third kappa shape index (κ3) is 8.37. The minimum absolute atomic E-state index is 0.662. The zero-order chi connectivity index (χ0) is 14.6. The van der Waals surface area contributed by atoms with Crippen LogP contribution < -0.4 is 5.32 Å². The van der Waals surface area contributed by atoms with Gasteiger partial charge in [-0.25, -0.2) is 0 Å². The van der Waals surface area contributed by atoms with E-state index < -0.39 is 0 Å². The lowest BCUT2D eigenvalue weighted by Crippen LogP contribution is -2.18. The van der Waals surface area contributed by atoms with Crippen molar-refractivity contribution < 1.29 is 0 Å². The van der Waals surface area contributed by atoms with Gasteiger partial charge in [0.1, 0.15) is 0 Å². The Morgan fingerprint density at radius 1 is 0.800 bits per heavy atom. The molecule has 0 spiro atoms. The van der Waals surface area contributed by atoms with E-state index in [0.717, 1.165) is 12.5 Å². The van der Waals surface area contributed by atoms with Crippen LogP contribution in [0.15, 0.2) is 30.3 Å². The van der Waals surface area contributed by atoms with Crippen LogP contribution >= 0.6 is 0 Å². The van der Waals surface area contributed by atoms with Gasteiger partial charge in [-0.05, 0) is 43.3 Å². The fraction of sp³-hybridized carbons (Fsp3) is 0.684. The van der Waals surface area contributed by atoms with Gasteiger partial charge in [0, 0.05) is 0 Å². The minimum atomic E-state index is 0.662. The van der Waals surface area contributed by atoms with E-state index in [4.69, 9.17) is 0 Å². The van der Waals surface area contributed by atoms with E-state index in [9.17, 15) is 0 Å². The van der Waals surface area contributed by atoms with Crippen molar-refractivity contribution >= 4 is 0 Å². The first kappa shape index (κ1) is 17.2. The molecule has 1 atom stereocenters. The Kier molecular flexibility index (Phi) is 9.40. The second-order valence-corrected chi connectivity index (χ2v) is 6.45. The first-order valence-corrected chi connectivity index (χ1v) is 8.46. The number of hydrogen-bond acceptors (Lipinski definition) is 1. The van der Waals surface area contributed by atoms with Crippen LogP contribution in [-0.4, -0.2) is 13.1 Å². The third-order valence-electron chi connectivity index (χ3n) is 4.01. The van der Waals surface area contributed by atoms with Crippen LogP contribution in [0.25, 0.3) is 0 Å². The molecule has 0 aliphatic carbocycles. The molecule has 20 heavy (non-hydrogen) atoms. The Balaban J connectivity index is 1.92. The van der Waals surface area contributed by atoms with Gasteiger partial charge in [0.25, 0.3) is 0 Å². The molecular weight excluding hydrogens is 242 g/mol. The van der Waals surface area contributed by atoms with Crippen molar-refractivity contribution in [3.05, 3.63) is 35.9 Å². The van der Waals surface area contributed by atoms with Gasteiger partial charge in [-0.1, -0.05) is 76.8 Å². The Hall–Kier alpha value is -0.820. The molecule has 1 nitrogen and oxygen atoms in total. The molecule has 0 amide bonds. The van der Waals surface area contributed by atoms with Gasteiger partial charge in [-0.2, -0.15) is 0 Å². The smallest absolute Gasteiger partial charge is 0.00432 e. The van der Waals surface area contributed by atoms with Crippen LogP contribution in [0.2, 0.25) is 0 Å². The summed E-state index contributed by atoms with van der Waals surface area (Å²) < 4.78 is 0. The van der Waals surface area contributed by atoms with Crippen LogP contribution in [0, 0.1) is 5.92 Å². The Bertz CT molecular complexity index is 318. The van der Waals surface area contributed by atoms with Gasteiger partial charge >= 0.3 is 0 Å². The molecule has 0 aliphatic heterocycles. The van der Waals surface area contributed by atoms with Crippen molar-refractivity contribution in [3.63, 3.8) is 0 Å². The summed E-state index contributed by atoms with van der Waals surface area (Å²) in [4.78, 5) is 0. The quantitative estimate of drug-likeness (QED) is 0.535. The summed E-state index contributed by atoms with van der Waals surface area (Å²) in [6.07, 6.45) is 8.15. The zero-order valence-electron chi connectivity index (χ0n) is 13.7. The van der Waals surface area contributed by atoms with E-state index in [0.29, 0.717) is 5.92 Å². The molecule has 1 unspecified atom stereocenters. The Morgan fingerprint density at radius 3 is 2.20 bits per heavy atom. The Labute approximate surface area is 126 Å². The molecule has 114 valence electrons. The van der Waals surface area contributed by atoms with E-state index in [1.54, 1.807) is 0 Å². The predicted octanol–water partition coefficient (Wildman–Crippen LogP) is 5.38. The number of rotatable bonds is 11. The molecule has 1 heteroatoms. The van der Waals surface area contributed by atoms with E-state index in [2.05, 4.69) is 56.4 Å². The van der Waals surface area contributed by atoms with Gasteiger partial charge in [0.05, 0.1) is 0 Å². The molecule has 1 aromatic carbocycles. The number of benzene rings is 1. The van der Waals surface area contributed by atoms with Crippen LogP contribution in [0.1, 0.15) is 70.8 Å². The highest BCUT2D eigenvalue weighted by molar-refractivity contribution is 5.18. The number of nitrogens with one attached hydrogen (secondary N) is 1. The van der Waals surface area contributed by atoms with E-state index in [1.165, 1.54) is 50.6 Å². The molecule has 0 saturated heterocycles. The summed E-state index contributed by atoms with van der Waals surface area (Å²) in [6.45, 7) is 9.28. The van der Waals surface area contributed by atoms with Crippen molar-refractivity contribution in [2.45, 2.75) is 65.2 Å². The van der Waals surface area contributed by atoms with Gasteiger partial charge in [-0.15, -0.1) is 0 Å². The van der Waals surface area contributed by atoms with Crippen molar-refractivity contribution in [2.75, 3.05) is 13.1 Å². The minimum Gasteiger partial charge on any atom is -0.317 e. The number of unbranched alkanes of at least 4 members (excludes halogenated alkanes) is 3. The Morgan fingerprint density at radius 2 is 1.50 bits per heavy atom. The standard InChI is InChI=1S/C19H33N/c1-17(2)11-7-4-5-10-15-20-16-14-18(3)19-12-8-6-9-13-19/h6,8-9,12-13,17-18,20H,4-5,7,10-11,14-16H2,1-3H3. The molecular formula is C19H33N. The van der Waals surface area contributed by atoms with Crippen molar-refractivity contribution in [1.29, 1.82) is 0 Å². The highest BCUT2D eigenvalue weighted by atomic mass is 14.8. The van der Waals surface area contributed by atoms with Gasteiger partial charge in [-0.3, -0.25) is 0 Å². The maximum Gasteiger partial charge on any atom is -0.00432 e. The van der Waals surface area contributed by atoms with Crippen molar-refractivity contribution in [1.82, 2.24) is 5.32 Å². The molecule has 0 saturated carbocycles. The van der Waals surface area contributed by atoms with Crippen LogP contribution in [0.3, 0.4) is 0 Å². The average Bonchev–Trinajstić information content (AvgIpc) is 2.46. The number of hydrogen-bond donors (Lipinski definition) is 1. The lowest BCUT2D eigenvalue weighted by molar-refractivity contribution is 0.508. The maximum absolute atomic E-state index is 3.59. The second-order valence-electron chi connectivity index (χ2n) is 6.45. The average molecular weight is 275 g/mol. The summed E-state index contributed by atoms with van der Waals surface area (Å²) in [6, 6.07) is 10.8. The summed E-state index contributed by atoms with van der Waals surface area (Å²) in [5.74, 6) is 1.53. The zero-order valence-corrected chi connectivity index (χ0v) is 13.7. The van der Waals surface area contributed by atoms with Gasteiger partial charge in [0.2, 0.25) is 0 Å². The lowest BCUT2D eigenvalue weighted by atomic mass is 9.98. The van der Waals surface area contributed by atoms with E-state index >= 15 is 0 Å². The van der Waals surface area contributed by atoms with Crippen LogP contribution in [-0.2, 0) is 0 Å². The second kappa shape index (κ2) is 10.9. The van der Waals surface area contributed by atoms with E-state index in [1.807, 2.05) is 0 Å². The van der Waals surface area contributed by atoms with Crippen molar-refractivity contribution in [2.24, 2.45) is 5.92 Å². The highest BCUT2D eigenvalue weighted by Gasteiger charge is 2.03. The highest BCUT2D eigenvalue weighted by Crippen LogP contribution is 2.17. The first-order chi connectivity index (χ1) is 9.70. The largest absolute Gasteiger partial charge is 0.317 e. The maximum atomic E-state index is 3.59. The summed E-state index contributed by atoms with van der Waals surface area (Å²) in [5.41, 5.74) is 1.46. The molecule has 1 N–H and O–H groups in total. The van der Waals surface area contributed by atoms with Crippen LogP contribution in [0.4, 0.5) is 0 Å². The van der Waals surface area contributed by atoms with Gasteiger partial charge < -0.3 is 5.32 Å². The van der Waals surface area contributed by atoms with E-state index in [-0.39, 0.29) is 0 Å². The topological polar surface area (TPSA) is 12.0 Å². The summed E-state index contributed by atoms with van der Waals surface area (Å²) in [7, 11) is 0. The molecule has 0 heterocycles. The summed E-state index contributed by atoms with van der Waals surface area (Å²) in [5, 5.41) is 3.59. The SMILES string of the molecule is CC(C)CCCCCCNCCC(C)c1ccccc1. The molecule has 0 bridgehead atoms. The van der Waals surface area contributed by atoms with Gasteiger partial charge in [0.15, 0.2) is 0 Å².